The number of likely N-dealkylation sites (tertiary alicyclic amines) is 1. The summed E-state index contributed by atoms with van der Waals surface area (Å²) in [6, 6.07) is 13.2. The van der Waals surface area contributed by atoms with Crippen molar-refractivity contribution in [3.63, 3.8) is 0 Å². The highest BCUT2D eigenvalue weighted by Crippen LogP contribution is 2.30. The van der Waals surface area contributed by atoms with Crippen LogP contribution in [-0.2, 0) is 17.8 Å². The maximum atomic E-state index is 13.1. The van der Waals surface area contributed by atoms with Crippen LogP contribution in [0.1, 0.15) is 42.5 Å². The molecule has 1 fully saturated rings. The van der Waals surface area contributed by atoms with E-state index in [1.807, 2.05) is 24.3 Å². The molecule has 32 heavy (non-hydrogen) atoms. The number of aromatic nitrogens is 1. The fourth-order valence-electron chi connectivity index (χ4n) is 4.49. The van der Waals surface area contributed by atoms with Crippen LogP contribution in [0.4, 0.5) is 4.39 Å². The van der Waals surface area contributed by atoms with Crippen LogP contribution >= 0.6 is 0 Å². The van der Waals surface area contributed by atoms with Crippen molar-refractivity contribution >= 4 is 23.0 Å². The van der Waals surface area contributed by atoms with E-state index in [1.54, 1.807) is 0 Å². The van der Waals surface area contributed by atoms with Crippen LogP contribution in [-0.4, -0.2) is 46.4 Å². The molecule has 1 aliphatic rings. The van der Waals surface area contributed by atoms with Gasteiger partial charge in [-0.25, -0.2) is 4.39 Å². The number of hydrogen-bond acceptors (Lipinski definition) is 4. The molecule has 0 unspecified atom stereocenters. The highest BCUT2D eigenvalue weighted by Gasteiger charge is 2.22. The number of nitrogens with zero attached hydrogens (tertiary/aromatic N) is 3. The number of fused-ring (bicyclic) bond motifs is 1. The lowest BCUT2D eigenvalue weighted by atomic mass is 10.0. The normalized spacial score (nSPS) is 15.6. The predicted octanol–water partition coefficient (Wildman–Crippen LogP) is 4.10. The first-order chi connectivity index (χ1) is 15.5. The standard InChI is InChI=1S/C25H29FN4O2/c1-18(31)27-15-20-4-7-24-21(16-28-32)17-30(25(24)14-20)23-9-12-29(13-10-23)11-8-19-2-5-22(26)6-3-19/h2-7,14,16-17,23,32H,8-13,15H2,1H3,(H,27,31). The number of hydrogen-bond donors (Lipinski definition) is 2. The number of carbonyl (C=O) groups excluding carboxylic acids is 1. The monoisotopic (exact) mass is 436 g/mol. The molecule has 2 heterocycles. The van der Waals surface area contributed by atoms with Gasteiger partial charge in [0.2, 0.25) is 5.91 Å². The Kier molecular flexibility index (Phi) is 6.85. The van der Waals surface area contributed by atoms with E-state index < -0.39 is 0 Å². The molecule has 2 N–H and O–H groups in total. The first kappa shape index (κ1) is 22.0. The highest BCUT2D eigenvalue weighted by atomic mass is 19.1. The third kappa shape index (κ3) is 5.16. The quantitative estimate of drug-likeness (QED) is 0.333. The lowest BCUT2D eigenvalue weighted by Gasteiger charge is -2.33. The van der Waals surface area contributed by atoms with Crippen LogP contribution in [0.25, 0.3) is 10.9 Å². The number of benzene rings is 2. The summed E-state index contributed by atoms with van der Waals surface area (Å²) >= 11 is 0. The molecule has 7 heteroatoms. The van der Waals surface area contributed by atoms with Crippen molar-refractivity contribution in [3.05, 3.63) is 71.2 Å². The predicted molar refractivity (Wildman–Crippen MR) is 124 cm³/mol. The average molecular weight is 437 g/mol. The Labute approximate surface area is 187 Å². The zero-order chi connectivity index (χ0) is 22.5. The van der Waals surface area contributed by atoms with Crippen molar-refractivity contribution in [2.75, 3.05) is 19.6 Å². The zero-order valence-corrected chi connectivity index (χ0v) is 18.3. The number of piperidine rings is 1. The van der Waals surface area contributed by atoms with E-state index in [2.05, 4.69) is 32.2 Å². The lowest BCUT2D eigenvalue weighted by Crippen LogP contribution is -2.35. The number of rotatable bonds is 7. The molecule has 4 rings (SSSR count). The second-order valence-corrected chi connectivity index (χ2v) is 8.45. The first-order valence-electron chi connectivity index (χ1n) is 11.1. The molecular formula is C25H29FN4O2. The van der Waals surface area contributed by atoms with Gasteiger partial charge in [-0.1, -0.05) is 29.4 Å². The summed E-state index contributed by atoms with van der Waals surface area (Å²) in [4.78, 5) is 13.8. The molecule has 168 valence electrons. The van der Waals surface area contributed by atoms with E-state index in [0.717, 1.165) is 66.5 Å². The van der Waals surface area contributed by atoms with Gasteiger partial charge in [0.1, 0.15) is 5.82 Å². The van der Waals surface area contributed by atoms with Crippen molar-refractivity contribution in [2.24, 2.45) is 5.16 Å². The Balaban J connectivity index is 1.46. The van der Waals surface area contributed by atoms with E-state index in [1.165, 1.54) is 25.3 Å². The maximum absolute atomic E-state index is 13.1. The van der Waals surface area contributed by atoms with Gasteiger partial charge in [0.05, 0.1) is 6.21 Å². The van der Waals surface area contributed by atoms with Crippen molar-refractivity contribution in [1.29, 1.82) is 0 Å². The van der Waals surface area contributed by atoms with Gasteiger partial charge >= 0.3 is 0 Å². The molecule has 0 radical (unpaired) electrons. The van der Waals surface area contributed by atoms with E-state index in [-0.39, 0.29) is 11.7 Å². The third-order valence-corrected chi connectivity index (χ3v) is 6.25. The van der Waals surface area contributed by atoms with Crippen molar-refractivity contribution < 1.29 is 14.4 Å². The lowest BCUT2D eigenvalue weighted by molar-refractivity contribution is -0.119. The van der Waals surface area contributed by atoms with Gasteiger partial charge in [-0.05, 0) is 48.6 Å². The SMILES string of the molecule is CC(=O)NCc1ccc2c(C=NO)cn(C3CCN(CCc4ccc(F)cc4)CC3)c2c1. The Morgan fingerprint density at radius 2 is 1.91 bits per heavy atom. The van der Waals surface area contributed by atoms with Crippen LogP contribution in [0.15, 0.2) is 53.8 Å². The van der Waals surface area contributed by atoms with E-state index in [9.17, 15) is 9.18 Å². The molecule has 3 aromatic rings. The van der Waals surface area contributed by atoms with E-state index in [0.29, 0.717) is 12.6 Å². The molecule has 1 aliphatic heterocycles. The molecule has 2 aromatic carbocycles. The summed E-state index contributed by atoms with van der Waals surface area (Å²) in [7, 11) is 0. The van der Waals surface area contributed by atoms with Gasteiger partial charge in [-0.15, -0.1) is 0 Å². The van der Waals surface area contributed by atoms with Gasteiger partial charge in [0, 0.05) is 61.8 Å². The van der Waals surface area contributed by atoms with E-state index in [4.69, 9.17) is 5.21 Å². The zero-order valence-electron chi connectivity index (χ0n) is 18.3. The largest absolute Gasteiger partial charge is 0.411 e. The molecule has 0 spiro atoms. The average Bonchev–Trinajstić information content (AvgIpc) is 3.16. The van der Waals surface area contributed by atoms with Gasteiger partial charge in [0.15, 0.2) is 0 Å². The molecule has 1 saturated heterocycles. The van der Waals surface area contributed by atoms with Crippen molar-refractivity contribution in [3.8, 4) is 0 Å². The molecule has 6 nitrogen and oxygen atoms in total. The van der Waals surface area contributed by atoms with Gasteiger partial charge in [-0.2, -0.15) is 0 Å². The molecular weight excluding hydrogens is 407 g/mol. The topological polar surface area (TPSA) is 69.9 Å². The van der Waals surface area contributed by atoms with Crippen LogP contribution in [0.3, 0.4) is 0 Å². The number of amides is 1. The second kappa shape index (κ2) is 9.96. The minimum Gasteiger partial charge on any atom is -0.411 e. The second-order valence-electron chi connectivity index (χ2n) is 8.45. The van der Waals surface area contributed by atoms with Gasteiger partial charge in [0.25, 0.3) is 0 Å². The van der Waals surface area contributed by atoms with Gasteiger partial charge in [-0.3, -0.25) is 4.79 Å². The van der Waals surface area contributed by atoms with Crippen molar-refractivity contribution in [1.82, 2.24) is 14.8 Å². The van der Waals surface area contributed by atoms with Crippen LogP contribution in [0.2, 0.25) is 0 Å². The fourth-order valence-corrected chi connectivity index (χ4v) is 4.49. The Morgan fingerprint density at radius 1 is 1.19 bits per heavy atom. The number of carbonyl (C=O) groups is 1. The first-order valence-corrected chi connectivity index (χ1v) is 11.1. The van der Waals surface area contributed by atoms with Crippen LogP contribution < -0.4 is 5.32 Å². The number of oxime groups is 1. The van der Waals surface area contributed by atoms with Crippen LogP contribution in [0.5, 0.6) is 0 Å². The minimum atomic E-state index is -0.195. The number of nitrogens with one attached hydrogen (secondary N) is 1. The van der Waals surface area contributed by atoms with Crippen molar-refractivity contribution in [2.45, 2.75) is 38.8 Å². The number of halogens is 1. The Bertz CT molecular complexity index is 1100. The summed E-state index contributed by atoms with van der Waals surface area (Å²) in [6.45, 7) is 4.97. The third-order valence-electron chi connectivity index (χ3n) is 6.25. The summed E-state index contributed by atoms with van der Waals surface area (Å²) in [6.07, 6.45) is 6.51. The smallest absolute Gasteiger partial charge is 0.217 e. The summed E-state index contributed by atoms with van der Waals surface area (Å²) in [5, 5.41) is 16.2. The molecule has 0 atom stereocenters. The molecule has 0 aliphatic carbocycles. The minimum absolute atomic E-state index is 0.0541. The fraction of sp³-hybridized carbons (Fsp3) is 0.360. The Morgan fingerprint density at radius 3 is 2.59 bits per heavy atom. The highest BCUT2D eigenvalue weighted by molar-refractivity contribution is 5.99. The Hall–Kier alpha value is -3.19. The maximum Gasteiger partial charge on any atom is 0.217 e. The van der Waals surface area contributed by atoms with E-state index >= 15 is 0 Å². The summed E-state index contributed by atoms with van der Waals surface area (Å²) in [5.74, 6) is -0.249. The summed E-state index contributed by atoms with van der Waals surface area (Å²) in [5.41, 5.74) is 4.17. The van der Waals surface area contributed by atoms with Crippen LogP contribution in [0, 0.1) is 5.82 Å². The molecule has 1 aromatic heterocycles. The molecule has 1 amide bonds. The molecule has 0 saturated carbocycles. The summed E-state index contributed by atoms with van der Waals surface area (Å²) < 4.78 is 15.4. The molecule has 0 bridgehead atoms. The van der Waals surface area contributed by atoms with Gasteiger partial charge < -0.3 is 20.0 Å².